The molecule has 0 radical (unpaired) electrons. The molecule has 0 aromatic rings. The lowest BCUT2D eigenvalue weighted by atomic mass is 10.1. The Hall–Kier alpha value is 0.210. The zero-order valence-electron chi connectivity index (χ0n) is 8.16. The van der Waals surface area contributed by atoms with Crippen molar-refractivity contribution in [1.82, 2.24) is 4.90 Å². The van der Waals surface area contributed by atoms with Gasteiger partial charge in [0, 0.05) is 12.5 Å². The molecule has 0 spiro atoms. The Balaban J connectivity index is 0. The van der Waals surface area contributed by atoms with E-state index >= 15 is 0 Å². The van der Waals surface area contributed by atoms with Crippen LogP contribution in [0.25, 0.3) is 0 Å². The summed E-state index contributed by atoms with van der Waals surface area (Å²) in [6.45, 7) is 5.78. The van der Waals surface area contributed by atoms with Crippen LogP contribution in [0.15, 0.2) is 0 Å². The van der Waals surface area contributed by atoms with Gasteiger partial charge in [0.05, 0.1) is 0 Å². The van der Waals surface area contributed by atoms with Gasteiger partial charge in [-0.3, -0.25) is 0 Å². The number of hydrogen-bond donors (Lipinski definition) is 1. The molecule has 1 N–H and O–H groups in total. The van der Waals surface area contributed by atoms with Crippen molar-refractivity contribution < 1.29 is 0 Å². The molecule has 80 valence electrons. The van der Waals surface area contributed by atoms with Gasteiger partial charge < -0.3 is 10.3 Å². The monoisotopic (exact) mass is 226 g/mol. The Morgan fingerprint density at radius 1 is 1.31 bits per heavy atom. The predicted molar refractivity (Wildman–Crippen MR) is 62.7 cm³/mol. The summed E-state index contributed by atoms with van der Waals surface area (Å²) >= 11 is 0. The second kappa shape index (κ2) is 8.79. The first kappa shape index (κ1) is 15.7. The summed E-state index contributed by atoms with van der Waals surface area (Å²) in [4.78, 5) is 2.47. The van der Waals surface area contributed by atoms with Crippen molar-refractivity contribution in [3.05, 3.63) is 0 Å². The fourth-order valence-corrected chi connectivity index (χ4v) is 1.60. The molecule has 2 nitrogen and oxygen atoms in total. The van der Waals surface area contributed by atoms with Gasteiger partial charge in [0.2, 0.25) is 0 Å². The minimum atomic E-state index is 0. The average molecular weight is 227 g/mol. The highest BCUT2D eigenvalue weighted by atomic mass is 35.5. The molecule has 0 aromatic heterocycles. The van der Waals surface area contributed by atoms with Crippen LogP contribution in [0.4, 0.5) is 0 Å². The second-order valence-corrected chi connectivity index (χ2v) is 3.34. The molecule has 0 saturated carbocycles. The molecule has 13 heavy (non-hydrogen) atoms. The summed E-state index contributed by atoms with van der Waals surface area (Å²) in [5, 5.41) is 7.17. The average Bonchev–Trinajstić information content (AvgIpc) is 2.52. The van der Waals surface area contributed by atoms with E-state index in [1.54, 1.807) is 6.21 Å². The van der Waals surface area contributed by atoms with Crippen molar-refractivity contribution in [1.29, 1.82) is 5.41 Å². The maximum atomic E-state index is 7.17. The van der Waals surface area contributed by atoms with Gasteiger partial charge in [-0.25, -0.2) is 0 Å². The summed E-state index contributed by atoms with van der Waals surface area (Å²) in [5.74, 6) is 0.494. The molecule has 1 fully saturated rings. The normalized spacial score (nSPS) is 18.5. The summed E-state index contributed by atoms with van der Waals surface area (Å²) in [6, 6.07) is 0. The highest BCUT2D eigenvalue weighted by molar-refractivity contribution is 5.85. The molecule has 0 aromatic carbocycles. The van der Waals surface area contributed by atoms with Gasteiger partial charge in [0.15, 0.2) is 0 Å². The maximum absolute atomic E-state index is 7.17. The third-order valence-corrected chi connectivity index (χ3v) is 2.45. The molecule has 1 rings (SSSR count). The summed E-state index contributed by atoms with van der Waals surface area (Å²) in [7, 11) is 0. The summed E-state index contributed by atoms with van der Waals surface area (Å²) in [5.41, 5.74) is 0. The van der Waals surface area contributed by atoms with Crippen LogP contribution in [0.2, 0.25) is 0 Å². The Morgan fingerprint density at radius 3 is 2.23 bits per heavy atom. The molecule has 4 heteroatoms. The minimum Gasteiger partial charge on any atom is -0.313 e. The number of nitrogens with one attached hydrogen (secondary N) is 1. The minimum absolute atomic E-state index is 0. The first-order chi connectivity index (χ1) is 5.36. The number of halogens is 2. The Labute approximate surface area is 93.4 Å². The van der Waals surface area contributed by atoms with Crippen molar-refractivity contribution in [3.8, 4) is 0 Å². The Morgan fingerprint density at radius 2 is 1.85 bits per heavy atom. The molecular weight excluding hydrogens is 207 g/mol. The number of hydrogen-bond acceptors (Lipinski definition) is 2. The molecule has 0 aliphatic carbocycles. The molecule has 1 saturated heterocycles. The van der Waals surface area contributed by atoms with Crippen LogP contribution in [-0.4, -0.2) is 30.7 Å². The smallest absolute Gasteiger partial charge is 0.00601 e. The van der Waals surface area contributed by atoms with Crippen molar-refractivity contribution in [2.24, 2.45) is 5.92 Å². The Bertz CT molecular complexity index is 125. The lowest BCUT2D eigenvalue weighted by molar-refractivity contribution is 0.309. The fraction of sp³-hybridized carbons (Fsp3) is 0.889. The van der Waals surface area contributed by atoms with E-state index in [-0.39, 0.29) is 24.8 Å². The van der Waals surface area contributed by atoms with Gasteiger partial charge in [-0.1, -0.05) is 6.92 Å². The summed E-state index contributed by atoms with van der Waals surface area (Å²) in [6.07, 6.45) is 5.42. The van der Waals surface area contributed by atoms with E-state index in [2.05, 4.69) is 11.8 Å². The largest absolute Gasteiger partial charge is 0.313 e. The molecule has 1 aliphatic rings. The van der Waals surface area contributed by atoms with E-state index in [9.17, 15) is 0 Å². The van der Waals surface area contributed by atoms with Crippen LogP contribution >= 0.6 is 24.8 Å². The van der Waals surface area contributed by atoms with E-state index in [1.807, 2.05) is 0 Å². The zero-order chi connectivity index (χ0) is 8.10. The Kier molecular flexibility index (Phi) is 10.6. The van der Waals surface area contributed by atoms with E-state index in [1.165, 1.54) is 25.9 Å². The van der Waals surface area contributed by atoms with Crippen LogP contribution in [0.3, 0.4) is 0 Å². The highest BCUT2D eigenvalue weighted by Crippen LogP contribution is 2.10. The maximum Gasteiger partial charge on any atom is 0.00601 e. The van der Waals surface area contributed by atoms with Gasteiger partial charge in [-0.05, 0) is 38.6 Å². The fourth-order valence-electron chi connectivity index (χ4n) is 1.60. The quantitative estimate of drug-likeness (QED) is 0.734. The second-order valence-electron chi connectivity index (χ2n) is 3.34. The number of nitrogens with zero attached hydrogens (tertiary/aromatic N) is 1. The lowest BCUT2D eigenvalue weighted by Crippen LogP contribution is -2.26. The third-order valence-electron chi connectivity index (χ3n) is 2.45. The predicted octanol–water partition coefficient (Wildman–Crippen LogP) is 2.60. The molecule has 1 unspecified atom stereocenters. The van der Waals surface area contributed by atoms with Gasteiger partial charge >= 0.3 is 0 Å². The van der Waals surface area contributed by atoms with Crippen LogP contribution in [-0.2, 0) is 0 Å². The van der Waals surface area contributed by atoms with Crippen LogP contribution in [0.1, 0.15) is 26.2 Å². The van der Waals surface area contributed by atoms with Crippen molar-refractivity contribution in [3.63, 3.8) is 0 Å². The van der Waals surface area contributed by atoms with E-state index < -0.39 is 0 Å². The molecule has 0 bridgehead atoms. The molecular formula is C9H20Cl2N2. The molecule has 1 atom stereocenters. The van der Waals surface area contributed by atoms with E-state index in [0.717, 1.165) is 13.0 Å². The van der Waals surface area contributed by atoms with Gasteiger partial charge in [0.1, 0.15) is 0 Å². The first-order valence-electron chi connectivity index (χ1n) is 4.59. The van der Waals surface area contributed by atoms with Crippen LogP contribution in [0.5, 0.6) is 0 Å². The van der Waals surface area contributed by atoms with Gasteiger partial charge in [0.25, 0.3) is 0 Å². The summed E-state index contributed by atoms with van der Waals surface area (Å²) < 4.78 is 0. The van der Waals surface area contributed by atoms with Crippen molar-refractivity contribution in [2.45, 2.75) is 26.2 Å². The van der Waals surface area contributed by atoms with Crippen molar-refractivity contribution in [2.75, 3.05) is 19.6 Å². The van der Waals surface area contributed by atoms with Gasteiger partial charge in [-0.2, -0.15) is 0 Å². The van der Waals surface area contributed by atoms with Crippen LogP contribution in [0, 0.1) is 11.3 Å². The van der Waals surface area contributed by atoms with E-state index in [0.29, 0.717) is 5.92 Å². The molecule has 1 heterocycles. The van der Waals surface area contributed by atoms with E-state index in [4.69, 9.17) is 5.41 Å². The lowest BCUT2D eigenvalue weighted by Gasteiger charge is -2.18. The van der Waals surface area contributed by atoms with Crippen molar-refractivity contribution >= 4 is 31.0 Å². The number of rotatable bonds is 4. The standard InChI is InChI=1S/C9H18N2.2ClH/c1-2-9(7-10)8-11-5-3-4-6-11;;/h7,9-10H,2-6,8H2,1H3;2*1H. The first-order valence-corrected chi connectivity index (χ1v) is 4.59. The number of likely N-dealkylation sites (tertiary alicyclic amines) is 1. The molecule has 1 aliphatic heterocycles. The van der Waals surface area contributed by atoms with Gasteiger partial charge in [-0.15, -0.1) is 24.8 Å². The highest BCUT2D eigenvalue weighted by Gasteiger charge is 2.14. The third kappa shape index (κ3) is 5.50. The zero-order valence-corrected chi connectivity index (χ0v) is 9.79. The molecule has 0 amide bonds. The topological polar surface area (TPSA) is 27.1 Å². The van der Waals surface area contributed by atoms with Crippen LogP contribution < -0.4 is 0 Å². The SMILES string of the molecule is CCC(C=N)CN1CCCC1.Cl.Cl.